The molecule has 7 rings (SSSR count). The second-order valence-corrected chi connectivity index (χ2v) is 12.0. The normalized spacial score (nSPS) is 13.1. The molecule has 0 saturated carbocycles. The predicted octanol–water partition coefficient (Wildman–Crippen LogP) is 8.48. The van der Waals surface area contributed by atoms with E-state index in [0.29, 0.717) is 35.1 Å². The molecule has 1 fully saturated rings. The first-order valence-corrected chi connectivity index (χ1v) is 15.4. The smallest absolute Gasteiger partial charge is 0.346 e. The summed E-state index contributed by atoms with van der Waals surface area (Å²) in [4.78, 5) is 31.8. The molecule has 0 unspecified atom stereocenters. The number of benzene rings is 4. The van der Waals surface area contributed by atoms with Crippen LogP contribution < -0.4 is 9.64 Å². The Hall–Kier alpha value is -4.92. The van der Waals surface area contributed by atoms with Gasteiger partial charge in [-0.2, -0.15) is 0 Å². The molecule has 0 aliphatic carbocycles. The number of para-hydroxylation sites is 1. The third kappa shape index (κ3) is 5.34. The lowest BCUT2D eigenvalue weighted by Crippen LogP contribution is -2.23. The van der Waals surface area contributed by atoms with E-state index in [0.717, 1.165) is 51.4 Å². The van der Waals surface area contributed by atoms with Crippen LogP contribution in [0.2, 0.25) is 5.02 Å². The highest BCUT2D eigenvalue weighted by Crippen LogP contribution is 2.35. The fourth-order valence-electron chi connectivity index (χ4n) is 5.55. The van der Waals surface area contributed by atoms with Crippen LogP contribution in [0, 0.1) is 0 Å². The van der Waals surface area contributed by atoms with Crippen molar-refractivity contribution in [2.45, 2.75) is 19.4 Å². The van der Waals surface area contributed by atoms with Crippen molar-refractivity contribution in [3.63, 3.8) is 0 Å². The molecular weight excluding hydrogens is 594 g/mol. The Morgan fingerprint density at radius 1 is 0.909 bits per heavy atom. The monoisotopic (exact) mass is 619 g/mol. The van der Waals surface area contributed by atoms with Crippen LogP contribution in [0.3, 0.4) is 0 Å². The summed E-state index contributed by atoms with van der Waals surface area (Å²) in [6.45, 7) is 1.02. The molecule has 0 radical (unpaired) electrons. The van der Waals surface area contributed by atoms with Crippen molar-refractivity contribution in [2.24, 2.45) is 0 Å². The summed E-state index contributed by atoms with van der Waals surface area (Å²) in [5.41, 5.74) is 6.27. The first kappa shape index (κ1) is 27.9. The van der Waals surface area contributed by atoms with E-state index in [4.69, 9.17) is 21.3 Å². The molecule has 6 aromatic rings. The largest absolute Gasteiger partial charge is 0.489 e. The number of anilines is 1. The fraction of sp³-hybridized carbons (Fsp3) is 0.114. The summed E-state index contributed by atoms with van der Waals surface area (Å²) in [5.74, 6) is 0.576. The first-order chi connectivity index (χ1) is 21.4. The quantitative estimate of drug-likeness (QED) is 0.185. The number of ether oxygens (including phenoxy) is 1. The maximum atomic E-state index is 12.5. The number of carbonyl (C=O) groups is 2. The number of rotatable bonds is 8. The minimum absolute atomic E-state index is 0.139. The summed E-state index contributed by atoms with van der Waals surface area (Å²) in [6.07, 6.45) is 1.43. The number of carbonyl (C=O) groups excluding carboxylic acids is 1. The molecule has 1 N–H and O–H groups in total. The SMILES string of the molecule is O=C(O)c1cc2nc(-c3ccc(OCc4cc(N5CCCC5=O)ccc4-c4ccc(Cl)cc4)cc3)n(-c3ccccc3)c2s1. The molecule has 218 valence electrons. The zero-order valence-corrected chi connectivity index (χ0v) is 25.0. The van der Waals surface area contributed by atoms with Crippen LogP contribution in [0.15, 0.2) is 103 Å². The Morgan fingerprint density at radius 2 is 1.66 bits per heavy atom. The number of halogens is 1. The highest BCUT2D eigenvalue weighted by atomic mass is 35.5. The summed E-state index contributed by atoms with van der Waals surface area (Å²) >= 11 is 7.35. The number of hydrogen-bond donors (Lipinski definition) is 1. The van der Waals surface area contributed by atoms with Gasteiger partial charge in [0.1, 0.15) is 33.4 Å². The summed E-state index contributed by atoms with van der Waals surface area (Å²) in [5, 5.41) is 10.2. The minimum Gasteiger partial charge on any atom is -0.489 e. The molecule has 1 amide bonds. The van der Waals surface area contributed by atoms with Crippen molar-refractivity contribution in [1.29, 1.82) is 0 Å². The lowest BCUT2D eigenvalue weighted by molar-refractivity contribution is -0.117. The van der Waals surface area contributed by atoms with Crippen LogP contribution >= 0.6 is 22.9 Å². The fourth-order valence-corrected chi connectivity index (χ4v) is 6.63. The molecule has 0 spiro atoms. The molecule has 2 aromatic heterocycles. The molecular formula is C35H26ClN3O4S. The average Bonchev–Trinajstić information content (AvgIpc) is 3.76. The van der Waals surface area contributed by atoms with Crippen molar-refractivity contribution < 1.29 is 19.4 Å². The molecule has 3 heterocycles. The van der Waals surface area contributed by atoms with E-state index >= 15 is 0 Å². The topological polar surface area (TPSA) is 84.7 Å². The van der Waals surface area contributed by atoms with E-state index in [2.05, 4.69) is 0 Å². The van der Waals surface area contributed by atoms with Gasteiger partial charge in [0.15, 0.2) is 0 Å². The summed E-state index contributed by atoms with van der Waals surface area (Å²) in [6, 6.07) is 32.9. The van der Waals surface area contributed by atoms with Gasteiger partial charge in [-0.25, -0.2) is 9.78 Å². The van der Waals surface area contributed by atoms with Crippen LogP contribution in [0.5, 0.6) is 5.75 Å². The molecule has 7 nitrogen and oxygen atoms in total. The zero-order chi connectivity index (χ0) is 30.2. The number of amides is 1. The Kier molecular flexibility index (Phi) is 7.37. The number of hydrogen-bond acceptors (Lipinski definition) is 5. The van der Waals surface area contributed by atoms with E-state index in [1.807, 2.05) is 107 Å². The third-order valence-electron chi connectivity index (χ3n) is 7.70. The number of imidazole rings is 1. The molecule has 0 bridgehead atoms. The molecule has 1 saturated heterocycles. The molecule has 0 atom stereocenters. The van der Waals surface area contributed by atoms with Gasteiger partial charge in [0.25, 0.3) is 0 Å². The lowest BCUT2D eigenvalue weighted by Gasteiger charge is -2.19. The van der Waals surface area contributed by atoms with Gasteiger partial charge in [0, 0.05) is 34.9 Å². The van der Waals surface area contributed by atoms with Gasteiger partial charge in [0.2, 0.25) is 5.91 Å². The number of aromatic carboxylic acids is 1. The molecule has 1 aliphatic heterocycles. The maximum Gasteiger partial charge on any atom is 0.346 e. The van der Waals surface area contributed by atoms with E-state index in [9.17, 15) is 14.7 Å². The second-order valence-electron chi connectivity index (χ2n) is 10.5. The number of aromatic nitrogens is 2. The Labute approximate surface area is 262 Å². The third-order valence-corrected chi connectivity index (χ3v) is 9.05. The number of fused-ring (bicyclic) bond motifs is 1. The molecule has 44 heavy (non-hydrogen) atoms. The van der Waals surface area contributed by atoms with Gasteiger partial charge >= 0.3 is 5.97 Å². The predicted molar refractivity (Wildman–Crippen MR) is 174 cm³/mol. The van der Waals surface area contributed by atoms with E-state index < -0.39 is 5.97 Å². The number of nitrogens with zero attached hydrogens (tertiary/aromatic N) is 3. The summed E-state index contributed by atoms with van der Waals surface area (Å²) in [7, 11) is 0. The number of carboxylic acid groups (broad SMARTS) is 1. The Balaban J connectivity index is 1.19. The van der Waals surface area contributed by atoms with Crippen LogP contribution in [0.25, 0.3) is 38.5 Å². The molecule has 1 aliphatic rings. The van der Waals surface area contributed by atoms with E-state index in [1.165, 1.54) is 11.3 Å². The lowest BCUT2D eigenvalue weighted by atomic mass is 9.99. The van der Waals surface area contributed by atoms with Crippen molar-refractivity contribution in [2.75, 3.05) is 11.4 Å². The van der Waals surface area contributed by atoms with Crippen LogP contribution in [-0.2, 0) is 11.4 Å². The Bertz CT molecular complexity index is 2000. The van der Waals surface area contributed by atoms with Gasteiger partial charge in [-0.05, 0) is 89.8 Å². The molecule has 9 heteroatoms. The van der Waals surface area contributed by atoms with Gasteiger partial charge in [0.05, 0.1) is 0 Å². The Morgan fingerprint density at radius 3 is 2.36 bits per heavy atom. The average molecular weight is 620 g/mol. The van der Waals surface area contributed by atoms with E-state index in [-0.39, 0.29) is 10.8 Å². The zero-order valence-electron chi connectivity index (χ0n) is 23.4. The highest BCUT2D eigenvalue weighted by Gasteiger charge is 2.23. The first-order valence-electron chi connectivity index (χ1n) is 14.2. The standard InChI is InChI=1S/C35H26ClN3O4S/c36-25-12-8-22(9-13-25)29-17-14-27(38-18-4-7-32(38)40)19-24(29)21-43-28-15-10-23(11-16-28)33-37-30-20-31(35(41)42)44-34(30)39(33)26-5-2-1-3-6-26/h1-3,5-6,8-17,19-20H,4,7,18,21H2,(H,41,42). The van der Waals surface area contributed by atoms with Crippen LogP contribution in [0.4, 0.5) is 5.69 Å². The van der Waals surface area contributed by atoms with Gasteiger partial charge < -0.3 is 14.7 Å². The van der Waals surface area contributed by atoms with Gasteiger partial charge in [-0.15, -0.1) is 11.3 Å². The van der Waals surface area contributed by atoms with Gasteiger partial charge in [-0.1, -0.05) is 48.0 Å². The highest BCUT2D eigenvalue weighted by molar-refractivity contribution is 7.20. The number of carboxylic acids is 1. The van der Waals surface area contributed by atoms with Crippen molar-refractivity contribution in [3.05, 3.63) is 119 Å². The molecule has 4 aromatic carbocycles. The van der Waals surface area contributed by atoms with Gasteiger partial charge in [-0.3, -0.25) is 9.36 Å². The van der Waals surface area contributed by atoms with Crippen LogP contribution in [-0.4, -0.2) is 33.1 Å². The maximum absolute atomic E-state index is 12.5. The van der Waals surface area contributed by atoms with Crippen LogP contribution in [0.1, 0.15) is 28.1 Å². The van der Waals surface area contributed by atoms with Crippen molar-refractivity contribution in [3.8, 4) is 34.0 Å². The van der Waals surface area contributed by atoms with Crippen molar-refractivity contribution >= 4 is 50.8 Å². The van der Waals surface area contributed by atoms with Crippen molar-refractivity contribution in [1.82, 2.24) is 9.55 Å². The number of thiophene rings is 1. The summed E-state index contributed by atoms with van der Waals surface area (Å²) < 4.78 is 8.29. The second kappa shape index (κ2) is 11.6. The van der Waals surface area contributed by atoms with E-state index in [1.54, 1.807) is 6.07 Å². The minimum atomic E-state index is -0.965.